The first-order chi connectivity index (χ1) is 19.1. The number of amides is 1. The van der Waals surface area contributed by atoms with Gasteiger partial charge in [0.2, 0.25) is 6.54 Å². The summed E-state index contributed by atoms with van der Waals surface area (Å²) in [5.41, 5.74) is -1.34. The molecule has 210 valence electrons. The van der Waals surface area contributed by atoms with E-state index < -0.39 is 44.6 Å². The van der Waals surface area contributed by atoms with E-state index in [0.717, 1.165) is 0 Å². The third kappa shape index (κ3) is 6.22. The Balaban J connectivity index is 1.59. The first-order valence-corrected chi connectivity index (χ1v) is 14.1. The predicted molar refractivity (Wildman–Crippen MR) is 147 cm³/mol. The highest BCUT2D eigenvalue weighted by molar-refractivity contribution is 7.44. The summed E-state index contributed by atoms with van der Waals surface area (Å²) in [7, 11) is -1.63. The molecule has 3 heterocycles. The lowest BCUT2D eigenvalue weighted by Gasteiger charge is -2.38. The number of carbonyl (C=O) groups excluding carboxylic acids is 1. The van der Waals surface area contributed by atoms with Gasteiger partial charge in [0.25, 0.3) is 14.4 Å². The van der Waals surface area contributed by atoms with Gasteiger partial charge in [-0.1, -0.05) is 25.1 Å². The Bertz CT molecular complexity index is 1260. The molecule has 6 atom stereocenters. The van der Waals surface area contributed by atoms with Crippen molar-refractivity contribution >= 4 is 20.3 Å². The molecule has 2 saturated heterocycles. The number of rotatable bonds is 12. The van der Waals surface area contributed by atoms with E-state index in [-0.39, 0.29) is 43.6 Å². The van der Waals surface area contributed by atoms with Crippen molar-refractivity contribution in [1.82, 2.24) is 14.2 Å². The number of fused-ring (bicyclic) bond motifs is 2. The van der Waals surface area contributed by atoms with Gasteiger partial charge >= 0.3 is 5.69 Å². The van der Waals surface area contributed by atoms with E-state index >= 15 is 0 Å². The number of anilines is 1. The number of nitrogens with zero attached hydrogens (tertiary/aromatic N) is 4. The minimum absolute atomic E-state index is 0.0885. The third-order valence-corrected chi connectivity index (χ3v) is 8.74. The lowest BCUT2D eigenvalue weighted by molar-refractivity contribution is -0.175. The van der Waals surface area contributed by atoms with Crippen molar-refractivity contribution in [3.05, 3.63) is 70.1 Å². The molecule has 39 heavy (non-hydrogen) atoms. The zero-order valence-electron chi connectivity index (χ0n) is 23.8. The molecular formula is C27H36N5O6P. The van der Waals surface area contributed by atoms with Gasteiger partial charge in [0.15, 0.2) is 6.23 Å². The molecule has 12 heteroatoms. The summed E-state index contributed by atoms with van der Waals surface area (Å²) in [6.07, 6.45) is -1.54. The van der Waals surface area contributed by atoms with Crippen LogP contribution in [-0.4, -0.2) is 69.8 Å². The molecule has 0 radical (unpaired) electrons. The van der Waals surface area contributed by atoms with Gasteiger partial charge in [-0.3, -0.25) is 9.36 Å². The van der Waals surface area contributed by atoms with Crippen molar-refractivity contribution in [1.29, 1.82) is 0 Å². The van der Waals surface area contributed by atoms with E-state index in [1.54, 1.807) is 37.3 Å². The molecule has 0 saturated carbocycles. The Morgan fingerprint density at radius 2 is 2.05 bits per heavy atom. The van der Waals surface area contributed by atoms with Crippen LogP contribution in [0.3, 0.4) is 0 Å². The molecule has 1 amide bonds. The fourth-order valence-electron chi connectivity index (χ4n) is 4.82. The zero-order chi connectivity index (χ0) is 29.0. The number of carbonyl (C=O) groups is 1. The molecule has 4 rings (SSSR count). The summed E-state index contributed by atoms with van der Waals surface area (Å²) >= 11 is 0. The number of aromatic nitrogens is 2. The summed E-state index contributed by atoms with van der Waals surface area (Å²) in [6, 6.07) is 10.3. The monoisotopic (exact) mass is 558 g/mol. The van der Waals surface area contributed by atoms with Gasteiger partial charge < -0.3 is 28.7 Å². The van der Waals surface area contributed by atoms with Crippen molar-refractivity contribution in [3.63, 3.8) is 0 Å². The molecule has 2 bridgehead atoms. The predicted octanol–water partition coefficient (Wildman–Crippen LogP) is 4.24. The second kappa shape index (κ2) is 12.6. The Hall–Kier alpha value is -2.71. The number of ether oxygens (including phenoxy) is 2. The SMILES string of the molecule is [2H][C@@H](C)[C@@]12CO[C@@H]([C@H](n3ccc(NC(=O)c4ccccc4)nc3=O)O1)[C@@H]2OP(OCC[N+]#[C-])N(C(C)C)C(C)C. The van der Waals surface area contributed by atoms with E-state index in [2.05, 4.69) is 19.8 Å². The quantitative estimate of drug-likeness (QED) is 0.234. The topological polar surface area (TPSA) is 109 Å². The molecule has 0 spiro atoms. The van der Waals surface area contributed by atoms with Crippen LogP contribution in [0.2, 0.25) is 0 Å². The van der Waals surface area contributed by atoms with Crippen LogP contribution in [-0.2, 0) is 18.5 Å². The maximum absolute atomic E-state index is 13.1. The molecule has 11 nitrogen and oxygen atoms in total. The number of hydrogen-bond donors (Lipinski definition) is 1. The summed E-state index contributed by atoms with van der Waals surface area (Å²) in [4.78, 5) is 33.0. The van der Waals surface area contributed by atoms with Crippen LogP contribution in [0.25, 0.3) is 4.85 Å². The maximum atomic E-state index is 13.1. The van der Waals surface area contributed by atoms with Crippen LogP contribution in [0.5, 0.6) is 0 Å². The molecule has 2 fully saturated rings. The standard InChI is InChI=1S/C27H36N5O6P/c1-7-27-17-35-22(23(27)38-39(36-16-14-28-6)32(18(2)3)19(4)5)25(37-27)31-15-13-21(30-26(31)34)29-24(33)20-11-9-8-10-12-20/h8-13,15,18-19,22-23,25H,7,14,16-17H2,1-5H3,(H,29,30,33,34)/t22-,23+,25-,27+,39?/m1/s1/i7D/t7-,22+,23-,25+,27-,39?/m0. The third-order valence-electron chi connectivity index (χ3n) is 6.63. The van der Waals surface area contributed by atoms with Gasteiger partial charge in [-0.2, -0.15) is 4.98 Å². The molecule has 1 aromatic carbocycles. The molecular weight excluding hydrogens is 521 g/mol. The Kier molecular flexibility index (Phi) is 9.03. The number of hydrogen-bond acceptors (Lipinski definition) is 8. The normalized spacial score (nSPS) is 26.0. The van der Waals surface area contributed by atoms with Crippen molar-refractivity contribution in [2.75, 3.05) is 25.1 Å². The highest BCUT2D eigenvalue weighted by atomic mass is 31.2. The van der Waals surface area contributed by atoms with Gasteiger partial charge in [0.1, 0.15) is 30.2 Å². The van der Waals surface area contributed by atoms with Gasteiger partial charge in [0, 0.05) is 25.2 Å². The van der Waals surface area contributed by atoms with Gasteiger partial charge in [-0.25, -0.2) is 16.0 Å². The number of benzene rings is 1. The van der Waals surface area contributed by atoms with Gasteiger partial charge in [0.05, 0.1) is 6.61 Å². The van der Waals surface area contributed by atoms with Gasteiger partial charge in [-0.05, 0) is 52.3 Å². The fourth-order valence-corrected chi connectivity index (χ4v) is 6.61. The molecule has 2 aliphatic heterocycles. The van der Waals surface area contributed by atoms with Gasteiger partial charge in [-0.15, -0.1) is 0 Å². The van der Waals surface area contributed by atoms with Crippen molar-refractivity contribution in [2.24, 2.45) is 0 Å². The maximum Gasteiger partial charge on any atom is 0.351 e. The van der Waals surface area contributed by atoms with Crippen LogP contribution in [0.15, 0.2) is 47.4 Å². The first-order valence-electron chi connectivity index (χ1n) is 13.5. The Labute approximate surface area is 231 Å². The minimum atomic E-state index is -1.63. The van der Waals surface area contributed by atoms with Crippen LogP contribution < -0.4 is 11.0 Å². The molecule has 0 aliphatic carbocycles. The molecule has 1 N–H and O–H groups in total. The van der Waals surface area contributed by atoms with Crippen molar-refractivity contribution in [2.45, 2.75) is 77.1 Å². The summed E-state index contributed by atoms with van der Waals surface area (Å²) in [5.74, 6) is -0.275. The zero-order valence-corrected chi connectivity index (χ0v) is 23.7. The highest BCUT2D eigenvalue weighted by Crippen LogP contribution is 2.55. The van der Waals surface area contributed by atoms with Crippen LogP contribution in [0.1, 0.15) is 59.0 Å². The van der Waals surface area contributed by atoms with E-state index in [0.29, 0.717) is 5.56 Å². The highest BCUT2D eigenvalue weighted by Gasteiger charge is 2.63. The average molecular weight is 559 g/mol. The van der Waals surface area contributed by atoms with E-state index in [1.165, 1.54) is 16.8 Å². The smallest absolute Gasteiger partial charge is 0.351 e. The summed E-state index contributed by atoms with van der Waals surface area (Å²) in [5, 5.41) is 2.64. The molecule has 2 aromatic rings. The largest absolute Gasteiger partial charge is 0.368 e. The van der Waals surface area contributed by atoms with Crippen LogP contribution in [0.4, 0.5) is 5.82 Å². The Morgan fingerprint density at radius 3 is 2.67 bits per heavy atom. The van der Waals surface area contributed by atoms with E-state index in [9.17, 15) is 9.59 Å². The van der Waals surface area contributed by atoms with Crippen molar-refractivity contribution < 1.29 is 24.7 Å². The summed E-state index contributed by atoms with van der Waals surface area (Å²) < 4.78 is 37.2. The Morgan fingerprint density at radius 1 is 1.33 bits per heavy atom. The summed E-state index contributed by atoms with van der Waals surface area (Å²) in [6.45, 7) is 17.5. The second-order valence-corrected chi connectivity index (χ2v) is 11.3. The second-order valence-electron chi connectivity index (χ2n) is 9.90. The van der Waals surface area contributed by atoms with Crippen LogP contribution >= 0.6 is 8.53 Å². The van der Waals surface area contributed by atoms with E-state index in [1.807, 2.05) is 27.7 Å². The molecule has 1 aromatic heterocycles. The van der Waals surface area contributed by atoms with E-state index in [4.69, 9.17) is 26.5 Å². The fraction of sp³-hybridized carbons (Fsp3) is 0.556. The average Bonchev–Trinajstić information content (AvgIpc) is 3.42. The lowest BCUT2D eigenvalue weighted by Crippen LogP contribution is -2.42. The van der Waals surface area contributed by atoms with Crippen molar-refractivity contribution in [3.8, 4) is 0 Å². The minimum Gasteiger partial charge on any atom is -0.368 e. The lowest BCUT2D eigenvalue weighted by atomic mass is 9.96. The molecule has 2 aliphatic rings. The first kappa shape index (κ1) is 27.8. The number of nitrogens with one attached hydrogen (secondary N) is 1. The molecule has 1 unspecified atom stereocenters. The van der Waals surface area contributed by atoms with Crippen LogP contribution in [0, 0.1) is 6.57 Å².